The molecule has 2 N–H and O–H groups in total. The first-order valence-electron chi connectivity index (χ1n) is 8.05. The van der Waals surface area contributed by atoms with Crippen LogP contribution in [0, 0.1) is 5.92 Å². The number of alkyl carbamates (subject to hydrolysis) is 1. The Morgan fingerprint density at radius 3 is 2.30 bits per heavy atom. The summed E-state index contributed by atoms with van der Waals surface area (Å²) < 4.78 is 5.30. The van der Waals surface area contributed by atoms with Gasteiger partial charge in [-0.25, -0.2) is 4.79 Å². The summed E-state index contributed by atoms with van der Waals surface area (Å²) in [6.45, 7) is 9.62. The van der Waals surface area contributed by atoms with Crippen molar-refractivity contribution in [3.05, 3.63) is 35.9 Å². The van der Waals surface area contributed by atoms with Crippen molar-refractivity contribution < 1.29 is 14.3 Å². The highest BCUT2D eigenvalue weighted by Crippen LogP contribution is 2.14. The fraction of sp³-hybridized carbons (Fsp3) is 0.556. The second kappa shape index (κ2) is 8.56. The first kappa shape index (κ1) is 19.0. The molecule has 0 bridgehead atoms. The van der Waals surface area contributed by atoms with Gasteiger partial charge in [-0.2, -0.15) is 0 Å². The standard InChI is InChI=1S/C18H28N2O3/c1-6-13(2)16(21)19-12-15(14-10-8-7-9-11-14)20-17(22)23-18(3,4)5/h7-11,13,15H,6,12H2,1-5H3,(H,19,21)(H,20,22)/t13-,15+/m0/s1. The third kappa shape index (κ3) is 7.17. The van der Waals surface area contributed by atoms with Crippen LogP contribution in [0.4, 0.5) is 4.79 Å². The van der Waals surface area contributed by atoms with Crippen molar-refractivity contribution in [3.8, 4) is 0 Å². The molecule has 5 heteroatoms. The van der Waals surface area contributed by atoms with Crippen LogP contribution >= 0.6 is 0 Å². The van der Waals surface area contributed by atoms with Gasteiger partial charge in [0.2, 0.25) is 5.91 Å². The van der Waals surface area contributed by atoms with Gasteiger partial charge in [-0.1, -0.05) is 44.2 Å². The van der Waals surface area contributed by atoms with Crippen molar-refractivity contribution >= 4 is 12.0 Å². The molecular weight excluding hydrogens is 292 g/mol. The Morgan fingerprint density at radius 1 is 1.17 bits per heavy atom. The van der Waals surface area contributed by atoms with Crippen LogP contribution < -0.4 is 10.6 Å². The molecular formula is C18H28N2O3. The van der Waals surface area contributed by atoms with Gasteiger partial charge in [0.15, 0.2) is 0 Å². The Bertz CT molecular complexity index is 509. The van der Waals surface area contributed by atoms with E-state index in [1.165, 1.54) is 0 Å². The highest BCUT2D eigenvalue weighted by Gasteiger charge is 2.21. The van der Waals surface area contributed by atoms with E-state index < -0.39 is 11.7 Å². The Kier molecular flexibility index (Phi) is 7.07. The van der Waals surface area contributed by atoms with Gasteiger partial charge in [-0.05, 0) is 32.8 Å². The monoisotopic (exact) mass is 320 g/mol. The molecule has 0 aliphatic carbocycles. The predicted octanol–water partition coefficient (Wildman–Crippen LogP) is 3.41. The molecule has 0 radical (unpaired) electrons. The molecule has 0 saturated heterocycles. The largest absolute Gasteiger partial charge is 0.444 e. The number of carbonyl (C=O) groups is 2. The van der Waals surface area contributed by atoms with E-state index in [1.54, 1.807) is 0 Å². The number of hydrogen-bond donors (Lipinski definition) is 2. The predicted molar refractivity (Wildman–Crippen MR) is 91.0 cm³/mol. The molecule has 1 aromatic rings. The molecule has 0 unspecified atom stereocenters. The van der Waals surface area contributed by atoms with Crippen LogP contribution in [0.1, 0.15) is 52.6 Å². The quantitative estimate of drug-likeness (QED) is 0.844. The highest BCUT2D eigenvalue weighted by atomic mass is 16.6. The zero-order chi connectivity index (χ0) is 17.5. The molecule has 0 fully saturated rings. The summed E-state index contributed by atoms with van der Waals surface area (Å²) in [4.78, 5) is 24.0. The molecule has 0 heterocycles. The van der Waals surface area contributed by atoms with Crippen LogP contribution in [-0.2, 0) is 9.53 Å². The molecule has 23 heavy (non-hydrogen) atoms. The van der Waals surface area contributed by atoms with E-state index in [-0.39, 0.29) is 17.9 Å². The fourth-order valence-electron chi connectivity index (χ4n) is 1.95. The minimum absolute atomic E-state index is 0.0144. The van der Waals surface area contributed by atoms with Crippen LogP contribution in [0.15, 0.2) is 30.3 Å². The Balaban J connectivity index is 2.75. The zero-order valence-corrected chi connectivity index (χ0v) is 14.7. The van der Waals surface area contributed by atoms with Crippen molar-refractivity contribution in [2.24, 2.45) is 5.92 Å². The van der Waals surface area contributed by atoms with Gasteiger partial charge in [0.05, 0.1) is 6.04 Å². The summed E-state index contributed by atoms with van der Waals surface area (Å²) in [5.74, 6) is -0.0626. The zero-order valence-electron chi connectivity index (χ0n) is 14.7. The maximum Gasteiger partial charge on any atom is 0.408 e. The number of rotatable bonds is 6. The van der Waals surface area contributed by atoms with Crippen molar-refractivity contribution in [2.45, 2.75) is 52.7 Å². The van der Waals surface area contributed by atoms with E-state index in [2.05, 4.69) is 10.6 Å². The van der Waals surface area contributed by atoms with Crippen LogP contribution in [0.3, 0.4) is 0 Å². The lowest BCUT2D eigenvalue weighted by Crippen LogP contribution is -2.41. The summed E-state index contributed by atoms with van der Waals surface area (Å²) in [6, 6.07) is 9.20. The van der Waals surface area contributed by atoms with Crippen LogP contribution in [0.25, 0.3) is 0 Å². The maximum atomic E-state index is 12.0. The molecule has 0 aromatic heterocycles. The lowest BCUT2D eigenvalue weighted by atomic mass is 10.1. The van der Waals surface area contributed by atoms with Crippen molar-refractivity contribution in [1.82, 2.24) is 10.6 Å². The van der Waals surface area contributed by atoms with Gasteiger partial charge in [0.25, 0.3) is 0 Å². The summed E-state index contributed by atoms with van der Waals surface area (Å²) in [6.07, 6.45) is 0.283. The smallest absolute Gasteiger partial charge is 0.408 e. The minimum atomic E-state index is -0.564. The lowest BCUT2D eigenvalue weighted by molar-refractivity contribution is -0.124. The molecule has 0 saturated carbocycles. The van der Waals surface area contributed by atoms with Gasteiger partial charge < -0.3 is 15.4 Å². The van der Waals surface area contributed by atoms with Crippen molar-refractivity contribution in [2.75, 3.05) is 6.54 Å². The molecule has 2 amide bonds. The second-order valence-corrected chi connectivity index (χ2v) is 6.66. The number of benzene rings is 1. The number of ether oxygens (including phenoxy) is 1. The van der Waals surface area contributed by atoms with Crippen LogP contribution in [0.5, 0.6) is 0 Å². The van der Waals surface area contributed by atoms with Gasteiger partial charge >= 0.3 is 6.09 Å². The maximum absolute atomic E-state index is 12.0. The number of carbonyl (C=O) groups excluding carboxylic acids is 2. The van der Waals surface area contributed by atoms with E-state index in [0.29, 0.717) is 6.54 Å². The van der Waals surface area contributed by atoms with Crippen LogP contribution in [0.2, 0.25) is 0 Å². The van der Waals surface area contributed by atoms with Gasteiger partial charge in [0, 0.05) is 12.5 Å². The first-order chi connectivity index (χ1) is 10.7. The van der Waals surface area contributed by atoms with E-state index in [4.69, 9.17) is 4.74 Å². The van der Waals surface area contributed by atoms with Crippen molar-refractivity contribution in [1.29, 1.82) is 0 Å². The van der Waals surface area contributed by atoms with Crippen molar-refractivity contribution in [3.63, 3.8) is 0 Å². The highest BCUT2D eigenvalue weighted by molar-refractivity contribution is 5.78. The third-order valence-electron chi connectivity index (χ3n) is 3.43. The van der Waals surface area contributed by atoms with E-state index in [0.717, 1.165) is 12.0 Å². The molecule has 1 rings (SSSR count). The average molecular weight is 320 g/mol. The summed E-state index contributed by atoms with van der Waals surface area (Å²) in [5.41, 5.74) is 0.355. The molecule has 1 aromatic carbocycles. The Labute approximate surface area is 138 Å². The fourth-order valence-corrected chi connectivity index (χ4v) is 1.95. The summed E-state index contributed by atoms with van der Waals surface area (Å²) >= 11 is 0. The lowest BCUT2D eigenvalue weighted by Gasteiger charge is -2.24. The molecule has 2 atom stereocenters. The Hall–Kier alpha value is -2.04. The van der Waals surface area contributed by atoms with Crippen LogP contribution in [-0.4, -0.2) is 24.1 Å². The molecule has 0 aliphatic rings. The third-order valence-corrected chi connectivity index (χ3v) is 3.43. The molecule has 128 valence electrons. The molecule has 0 spiro atoms. The number of hydrogen-bond acceptors (Lipinski definition) is 3. The average Bonchev–Trinajstić information content (AvgIpc) is 2.49. The second-order valence-electron chi connectivity index (χ2n) is 6.66. The number of amides is 2. The van der Waals surface area contributed by atoms with Gasteiger partial charge in [-0.15, -0.1) is 0 Å². The van der Waals surface area contributed by atoms with E-state index in [1.807, 2.05) is 65.0 Å². The molecule has 5 nitrogen and oxygen atoms in total. The van der Waals surface area contributed by atoms with E-state index in [9.17, 15) is 9.59 Å². The topological polar surface area (TPSA) is 67.4 Å². The Morgan fingerprint density at radius 2 is 1.78 bits per heavy atom. The van der Waals surface area contributed by atoms with Gasteiger partial charge in [-0.3, -0.25) is 4.79 Å². The van der Waals surface area contributed by atoms with E-state index >= 15 is 0 Å². The first-order valence-corrected chi connectivity index (χ1v) is 8.05. The summed E-state index contributed by atoms with van der Waals surface area (Å²) in [5, 5.41) is 5.72. The summed E-state index contributed by atoms with van der Waals surface area (Å²) in [7, 11) is 0. The molecule has 0 aliphatic heterocycles. The minimum Gasteiger partial charge on any atom is -0.444 e. The number of nitrogens with one attached hydrogen (secondary N) is 2. The normalized spacial score (nSPS) is 13.8. The van der Waals surface area contributed by atoms with Gasteiger partial charge in [0.1, 0.15) is 5.60 Å². The SMILES string of the molecule is CC[C@H](C)C(=O)NC[C@@H](NC(=O)OC(C)(C)C)c1ccccc1.